The first-order chi connectivity index (χ1) is 16.3. The lowest BCUT2D eigenvalue weighted by Gasteiger charge is -2.31. The number of carbonyl (C=O) groups excluding carboxylic acids is 2. The summed E-state index contributed by atoms with van der Waals surface area (Å²) in [5.41, 5.74) is 0. The number of nitrogens with one attached hydrogen (secondary N) is 1. The average Bonchev–Trinajstić information content (AvgIpc) is 3.29. The summed E-state index contributed by atoms with van der Waals surface area (Å²) in [6.07, 6.45) is 12.9. The highest BCUT2D eigenvalue weighted by atomic mass is 32.2. The largest absolute Gasteiger partial charge is 0.502 e. The second-order valence-corrected chi connectivity index (χ2v) is 14.7. The zero-order valence-electron chi connectivity index (χ0n) is 19.9. The highest BCUT2D eigenvalue weighted by molar-refractivity contribution is 8.14. The summed E-state index contributed by atoms with van der Waals surface area (Å²) >= 11 is 0.864. The van der Waals surface area contributed by atoms with Crippen LogP contribution in [-0.2, 0) is 33.0 Å². The first-order valence-corrected chi connectivity index (χ1v) is 17.2. The molecular weight excluding hydrogens is 498 g/mol. The monoisotopic (exact) mass is 537 g/mol. The van der Waals surface area contributed by atoms with E-state index in [0.29, 0.717) is 19.0 Å². The molecule has 0 aromatic heterocycles. The van der Waals surface area contributed by atoms with Crippen molar-refractivity contribution < 1.29 is 35.8 Å². The van der Waals surface area contributed by atoms with Crippen LogP contribution in [0.1, 0.15) is 83.5 Å². The van der Waals surface area contributed by atoms with Crippen molar-refractivity contribution in [3.8, 4) is 0 Å². The molecule has 2 heterocycles. The van der Waals surface area contributed by atoms with Gasteiger partial charge < -0.3 is 18.6 Å². The lowest BCUT2D eigenvalue weighted by Crippen LogP contribution is -2.46. The molecule has 3 fully saturated rings. The van der Waals surface area contributed by atoms with Gasteiger partial charge >= 0.3 is 8.80 Å². The molecule has 2 unspecified atom stereocenters. The van der Waals surface area contributed by atoms with Gasteiger partial charge in [0.15, 0.2) is 5.12 Å². The van der Waals surface area contributed by atoms with E-state index in [1.807, 2.05) is 0 Å². The first kappa shape index (κ1) is 28.1. The smallest absolute Gasteiger partial charge is 0.368 e. The third-order valence-electron chi connectivity index (χ3n) is 6.56. The van der Waals surface area contributed by atoms with E-state index in [-0.39, 0.29) is 47.9 Å². The summed E-state index contributed by atoms with van der Waals surface area (Å²) in [5, 5.41) is 2.71. The van der Waals surface area contributed by atoms with Crippen LogP contribution in [-0.4, -0.2) is 69.2 Å². The Hall–Kier alpha value is -0.503. The van der Waals surface area contributed by atoms with Gasteiger partial charge in [0.25, 0.3) is 10.1 Å². The quantitative estimate of drug-likeness (QED) is 0.231. The van der Waals surface area contributed by atoms with Crippen molar-refractivity contribution in [2.24, 2.45) is 0 Å². The Kier molecular flexibility index (Phi) is 11.3. The van der Waals surface area contributed by atoms with Gasteiger partial charge in [-0.25, -0.2) is 0 Å². The molecule has 12 heteroatoms. The number of amides is 1. The maximum absolute atomic E-state index is 12.1. The lowest BCUT2D eigenvalue weighted by molar-refractivity contribution is -0.121. The molecule has 34 heavy (non-hydrogen) atoms. The Balaban J connectivity index is 1.30. The van der Waals surface area contributed by atoms with Crippen LogP contribution in [0.15, 0.2) is 0 Å². The topological polar surface area (TPSA) is 128 Å². The molecule has 2 bridgehead atoms. The average molecular weight is 538 g/mol. The minimum atomic E-state index is -4.05. The minimum Gasteiger partial charge on any atom is -0.368 e. The standard InChI is InChI=1S/C22H39NO8S2Si/c24-20(12-8-13-21(25)32-15-16-33(26,27)28)23-14-9-17-34-29-18-10-6-4-2-1-3-5-7-11-19(30-34)22(18)31-34/h18-19,22H,1-17H2,(H,23,24)(H,26,27,28). The number of thioether (sulfide) groups is 1. The van der Waals surface area contributed by atoms with E-state index < -0.39 is 24.7 Å². The highest BCUT2D eigenvalue weighted by Crippen LogP contribution is 2.43. The van der Waals surface area contributed by atoms with Crippen LogP contribution < -0.4 is 5.32 Å². The van der Waals surface area contributed by atoms with Crippen molar-refractivity contribution >= 4 is 41.7 Å². The van der Waals surface area contributed by atoms with Gasteiger partial charge in [0.2, 0.25) is 5.91 Å². The minimum absolute atomic E-state index is 0.0181. The normalized spacial score (nSPS) is 29.9. The van der Waals surface area contributed by atoms with Crippen LogP contribution in [0.25, 0.3) is 0 Å². The molecule has 2 N–H and O–H groups in total. The van der Waals surface area contributed by atoms with Crippen molar-refractivity contribution in [1.82, 2.24) is 5.32 Å². The third-order valence-corrected chi connectivity index (χ3v) is 11.4. The Morgan fingerprint density at radius 2 is 1.53 bits per heavy atom. The molecule has 3 rings (SSSR count). The fraction of sp³-hybridized carbons (Fsp3) is 0.909. The second kappa shape index (κ2) is 13.7. The van der Waals surface area contributed by atoms with Gasteiger partial charge in [-0.15, -0.1) is 0 Å². The van der Waals surface area contributed by atoms with E-state index in [9.17, 15) is 18.0 Å². The van der Waals surface area contributed by atoms with Gasteiger partial charge in [0, 0.05) is 31.2 Å². The predicted molar refractivity (Wildman–Crippen MR) is 132 cm³/mol. The van der Waals surface area contributed by atoms with Gasteiger partial charge in [-0.3, -0.25) is 14.1 Å². The summed E-state index contributed by atoms with van der Waals surface area (Å²) in [5.74, 6) is -0.545. The summed E-state index contributed by atoms with van der Waals surface area (Å²) < 4.78 is 49.1. The van der Waals surface area contributed by atoms with E-state index in [1.54, 1.807) is 0 Å². The van der Waals surface area contributed by atoms with Gasteiger partial charge in [0.05, 0.1) is 24.1 Å². The van der Waals surface area contributed by atoms with E-state index in [2.05, 4.69) is 5.32 Å². The maximum atomic E-state index is 12.1. The summed E-state index contributed by atoms with van der Waals surface area (Å²) in [4.78, 5) is 23.8. The van der Waals surface area contributed by atoms with Crippen molar-refractivity contribution in [1.29, 1.82) is 0 Å². The lowest BCUT2D eigenvalue weighted by atomic mass is 9.96. The van der Waals surface area contributed by atoms with Crippen LogP contribution in [0.2, 0.25) is 6.04 Å². The molecule has 9 nitrogen and oxygen atoms in total. The van der Waals surface area contributed by atoms with E-state index in [4.69, 9.17) is 17.8 Å². The van der Waals surface area contributed by atoms with Crippen LogP contribution >= 0.6 is 11.8 Å². The van der Waals surface area contributed by atoms with E-state index >= 15 is 0 Å². The fourth-order valence-electron chi connectivity index (χ4n) is 4.82. The van der Waals surface area contributed by atoms with Crippen LogP contribution in [0.4, 0.5) is 0 Å². The molecular formula is C22H39NO8S2Si. The molecule has 3 aliphatic rings. The highest BCUT2D eigenvalue weighted by Gasteiger charge is 2.62. The molecule has 0 radical (unpaired) electrons. The Morgan fingerprint density at radius 3 is 2.15 bits per heavy atom. The predicted octanol–water partition coefficient (Wildman–Crippen LogP) is 3.46. The van der Waals surface area contributed by atoms with Crippen molar-refractivity contribution in [2.75, 3.05) is 18.1 Å². The molecule has 2 atom stereocenters. The number of carbonyl (C=O) groups is 2. The number of fused-ring (bicyclic) bond motifs is 1. The molecule has 1 aliphatic carbocycles. The molecule has 0 aromatic rings. The molecule has 196 valence electrons. The zero-order chi connectivity index (χ0) is 24.4. The fourth-order valence-corrected chi connectivity index (χ4v) is 9.79. The maximum Gasteiger partial charge on any atom is 0.502 e. The zero-order valence-corrected chi connectivity index (χ0v) is 22.5. The number of hydrogen-bond donors (Lipinski definition) is 2. The van der Waals surface area contributed by atoms with Gasteiger partial charge in [0.1, 0.15) is 0 Å². The molecule has 2 aliphatic heterocycles. The van der Waals surface area contributed by atoms with Crippen molar-refractivity contribution in [2.45, 2.75) is 108 Å². The SMILES string of the molecule is O=C(CCCC(=O)SCCS(=O)(=O)O)NCCC[Si]12OC3CCCCCCCCCC(O1)C3O2. The van der Waals surface area contributed by atoms with Gasteiger partial charge in [-0.2, -0.15) is 8.42 Å². The Morgan fingerprint density at radius 1 is 0.912 bits per heavy atom. The van der Waals surface area contributed by atoms with Gasteiger partial charge in [-0.1, -0.05) is 56.7 Å². The van der Waals surface area contributed by atoms with Crippen LogP contribution in [0, 0.1) is 0 Å². The number of rotatable bonds is 11. The summed E-state index contributed by atoms with van der Waals surface area (Å²) in [6, 6.07) is 0.708. The van der Waals surface area contributed by atoms with Crippen LogP contribution in [0.3, 0.4) is 0 Å². The molecule has 2 saturated heterocycles. The van der Waals surface area contributed by atoms with Crippen molar-refractivity contribution in [3.63, 3.8) is 0 Å². The second-order valence-electron chi connectivity index (χ2n) is 9.44. The molecule has 0 aromatic carbocycles. The Bertz CT molecular complexity index is 755. The van der Waals surface area contributed by atoms with Crippen molar-refractivity contribution in [3.05, 3.63) is 0 Å². The molecule has 0 spiro atoms. The first-order valence-electron chi connectivity index (χ1n) is 12.7. The Labute approximate surface area is 208 Å². The van der Waals surface area contributed by atoms with Gasteiger partial charge in [-0.05, 0) is 25.7 Å². The summed E-state index contributed by atoms with van der Waals surface area (Å²) in [6.45, 7) is 0.515. The van der Waals surface area contributed by atoms with E-state index in [0.717, 1.165) is 31.0 Å². The summed E-state index contributed by atoms with van der Waals surface area (Å²) in [7, 11) is -6.70. The van der Waals surface area contributed by atoms with Crippen LogP contribution in [0.5, 0.6) is 0 Å². The van der Waals surface area contributed by atoms with E-state index in [1.165, 1.54) is 44.9 Å². The number of hydrogen-bond acceptors (Lipinski definition) is 8. The molecule has 1 saturated carbocycles. The third kappa shape index (κ3) is 9.51. The molecule has 1 amide bonds.